The summed E-state index contributed by atoms with van der Waals surface area (Å²) in [6.45, 7) is 12.8. The second-order valence-electron chi connectivity index (χ2n) is 8.47. The molecule has 0 aromatic carbocycles. The highest BCUT2D eigenvalue weighted by Crippen LogP contribution is 2.42. The minimum Gasteiger partial charge on any atom is -0.407 e. The number of hydrogen-bond donors (Lipinski definition) is 1. The Morgan fingerprint density at radius 3 is 2.65 bits per heavy atom. The number of aliphatic hydroxyl groups excluding tert-OH is 1. The Balaban J connectivity index is 2.04. The highest BCUT2D eigenvalue weighted by molar-refractivity contribution is 6.74. The van der Waals surface area contributed by atoms with Gasteiger partial charge < -0.3 is 14.3 Å². The molecule has 0 bridgehead atoms. The van der Waals surface area contributed by atoms with Crippen LogP contribution in [-0.2, 0) is 9.16 Å². The molecule has 1 aliphatic rings. The molecule has 0 radical (unpaired) electrons. The standard InChI is InChI=1S/C18H29N3O4Si/c1-7-12-14(23)15(25-26(5,6)18(2,3)4)16(24-12)21-10-8-13(22)20-11-9-19-17(20)21/h8-12,14-16,23H,7H2,1-6H3/t12-,14-,15-,16-/m1/s1. The average Bonchev–Trinajstić information content (AvgIpc) is 3.14. The molecule has 4 atom stereocenters. The summed E-state index contributed by atoms with van der Waals surface area (Å²) >= 11 is 0. The van der Waals surface area contributed by atoms with E-state index in [-0.39, 0.29) is 16.7 Å². The average molecular weight is 380 g/mol. The number of hydrogen-bond acceptors (Lipinski definition) is 5. The third-order valence-corrected chi connectivity index (χ3v) is 10.2. The fourth-order valence-corrected chi connectivity index (χ4v) is 4.36. The van der Waals surface area contributed by atoms with Gasteiger partial charge in [-0.1, -0.05) is 27.7 Å². The fourth-order valence-electron chi connectivity index (χ4n) is 3.07. The SMILES string of the molecule is CC[C@H]1O[C@@H](n2ccc(=O)n3ccnc23)[C@H](O[Si](C)(C)C(C)(C)C)[C@@H]1O. The summed E-state index contributed by atoms with van der Waals surface area (Å²) in [4.78, 5) is 16.3. The summed E-state index contributed by atoms with van der Waals surface area (Å²) in [7, 11) is -2.13. The number of ether oxygens (including phenoxy) is 1. The van der Waals surface area contributed by atoms with Gasteiger partial charge in [0.1, 0.15) is 12.2 Å². The first-order chi connectivity index (χ1) is 12.1. The van der Waals surface area contributed by atoms with Crippen molar-refractivity contribution in [1.82, 2.24) is 14.0 Å². The molecule has 0 amide bonds. The predicted octanol–water partition coefficient (Wildman–Crippen LogP) is 2.55. The Morgan fingerprint density at radius 2 is 2.04 bits per heavy atom. The van der Waals surface area contributed by atoms with E-state index in [0.29, 0.717) is 12.2 Å². The van der Waals surface area contributed by atoms with Gasteiger partial charge in [0, 0.05) is 24.7 Å². The van der Waals surface area contributed by atoms with Crippen LogP contribution in [0.1, 0.15) is 40.3 Å². The van der Waals surface area contributed by atoms with Crippen molar-refractivity contribution in [2.45, 2.75) is 76.8 Å². The number of aliphatic hydroxyl groups is 1. The maximum absolute atomic E-state index is 12.0. The van der Waals surface area contributed by atoms with Crippen LogP contribution in [-0.4, -0.2) is 45.7 Å². The Morgan fingerprint density at radius 1 is 1.35 bits per heavy atom. The zero-order valence-electron chi connectivity index (χ0n) is 16.3. The molecule has 3 heterocycles. The van der Waals surface area contributed by atoms with Gasteiger partial charge in [0.15, 0.2) is 14.5 Å². The molecule has 0 unspecified atom stereocenters. The van der Waals surface area contributed by atoms with Crippen molar-refractivity contribution >= 4 is 14.1 Å². The van der Waals surface area contributed by atoms with Gasteiger partial charge >= 0.3 is 0 Å². The third kappa shape index (κ3) is 3.15. The molecular weight excluding hydrogens is 350 g/mol. The second kappa shape index (κ2) is 6.60. The van der Waals surface area contributed by atoms with Crippen LogP contribution in [0.15, 0.2) is 29.5 Å². The molecular formula is C18H29N3O4Si. The van der Waals surface area contributed by atoms with Gasteiger partial charge in [0.25, 0.3) is 5.56 Å². The molecule has 1 N–H and O–H groups in total. The molecule has 0 spiro atoms. The Labute approximate surface area is 154 Å². The topological polar surface area (TPSA) is 78.0 Å². The predicted molar refractivity (Wildman–Crippen MR) is 102 cm³/mol. The molecule has 26 heavy (non-hydrogen) atoms. The van der Waals surface area contributed by atoms with Crippen molar-refractivity contribution in [3.8, 4) is 0 Å². The summed E-state index contributed by atoms with van der Waals surface area (Å²) in [5.41, 5.74) is -0.152. The Kier molecular flexibility index (Phi) is 4.89. The molecule has 2 aromatic rings. The van der Waals surface area contributed by atoms with Crippen molar-refractivity contribution in [1.29, 1.82) is 0 Å². The van der Waals surface area contributed by atoms with E-state index in [0.717, 1.165) is 0 Å². The van der Waals surface area contributed by atoms with Crippen LogP contribution in [0.3, 0.4) is 0 Å². The molecule has 0 saturated carbocycles. The van der Waals surface area contributed by atoms with Crippen LogP contribution in [0.2, 0.25) is 18.1 Å². The van der Waals surface area contributed by atoms with E-state index in [2.05, 4.69) is 38.8 Å². The molecule has 144 valence electrons. The largest absolute Gasteiger partial charge is 0.407 e. The normalized spacial score (nSPS) is 27.3. The summed E-state index contributed by atoms with van der Waals surface area (Å²) in [5.74, 6) is 0.482. The van der Waals surface area contributed by atoms with Crippen molar-refractivity contribution in [3.05, 3.63) is 35.0 Å². The maximum Gasteiger partial charge on any atom is 0.258 e. The lowest BCUT2D eigenvalue weighted by Crippen LogP contribution is -2.48. The first kappa shape index (κ1) is 19.3. The zero-order chi connectivity index (χ0) is 19.3. The zero-order valence-corrected chi connectivity index (χ0v) is 17.3. The molecule has 8 heteroatoms. The van der Waals surface area contributed by atoms with E-state index in [1.54, 1.807) is 23.2 Å². The van der Waals surface area contributed by atoms with Crippen molar-refractivity contribution in [3.63, 3.8) is 0 Å². The van der Waals surface area contributed by atoms with E-state index in [4.69, 9.17) is 9.16 Å². The smallest absolute Gasteiger partial charge is 0.258 e. The van der Waals surface area contributed by atoms with Gasteiger partial charge in [-0.15, -0.1) is 0 Å². The van der Waals surface area contributed by atoms with Gasteiger partial charge in [-0.05, 0) is 24.6 Å². The van der Waals surface area contributed by atoms with Gasteiger partial charge in [0.05, 0.1) is 6.10 Å². The van der Waals surface area contributed by atoms with E-state index >= 15 is 0 Å². The molecule has 1 saturated heterocycles. The summed E-state index contributed by atoms with van der Waals surface area (Å²) < 4.78 is 16.0. The number of fused-ring (bicyclic) bond motifs is 1. The van der Waals surface area contributed by atoms with E-state index < -0.39 is 26.8 Å². The molecule has 0 aliphatic carbocycles. The van der Waals surface area contributed by atoms with Crippen molar-refractivity contribution in [2.75, 3.05) is 0 Å². The lowest BCUT2D eigenvalue weighted by atomic mass is 10.1. The summed E-state index contributed by atoms with van der Waals surface area (Å²) in [5, 5.41) is 10.9. The van der Waals surface area contributed by atoms with Gasteiger partial charge in [-0.2, -0.15) is 0 Å². The van der Waals surface area contributed by atoms with Gasteiger partial charge in [0.2, 0.25) is 5.78 Å². The number of aromatic nitrogens is 3. The minimum atomic E-state index is -2.13. The van der Waals surface area contributed by atoms with Crippen molar-refractivity contribution < 1.29 is 14.3 Å². The molecule has 1 fully saturated rings. The minimum absolute atomic E-state index is 0.00768. The molecule has 3 rings (SSSR count). The maximum atomic E-state index is 12.0. The summed E-state index contributed by atoms with van der Waals surface area (Å²) in [6, 6.07) is 1.48. The number of imidazole rings is 1. The summed E-state index contributed by atoms with van der Waals surface area (Å²) in [6.07, 6.45) is 3.47. The first-order valence-electron chi connectivity index (χ1n) is 9.12. The van der Waals surface area contributed by atoms with Crippen LogP contribution in [0, 0.1) is 0 Å². The van der Waals surface area contributed by atoms with Crippen LogP contribution in [0.5, 0.6) is 0 Å². The molecule has 1 aliphatic heterocycles. The van der Waals surface area contributed by atoms with Crippen LogP contribution in [0.25, 0.3) is 5.78 Å². The second-order valence-corrected chi connectivity index (χ2v) is 13.2. The fraction of sp³-hybridized carbons (Fsp3) is 0.667. The third-order valence-electron chi connectivity index (χ3n) is 5.69. The molecule has 2 aromatic heterocycles. The highest BCUT2D eigenvalue weighted by Gasteiger charge is 2.50. The quantitative estimate of drug-likeness (QED) is 0.826. The van der Waals surface area contributed by atoms with Gasteiger partial charge in [-0.3, -0.25) is 13.8 Å². The molecule has 7 nitrogen and oxygen atoms in total. The lowest BCUT2D eigenvalue weighted by Gasteiger charge is -2.40. The lowest BCUT2D eigenvalue weighted by molar-refractivity contribution is -0.0331. The van der Waals surface area contributed by atoms with Crippen LogP contribution < -0.4 is 5.56 Å². The van der Waals surface area contributed by atoms with E-state index in [9.17, 15) is 9.90 Å². The van der Waals surface area contributed by atoms with E-state index in [1.165, 1.54) is 10.5 Å². The number of rotatable bonds is 4. The van der Waals surface area contributed by atoms with E-state index in [1.807, 2.05) is 6.92 Å². The van der Waals surface area contributed by atoms with Gasteiger partial charge in [-0.25, -0.2) is 4.98 Å². The highest BCUT2D eigenvalue weighted by atomic mass is 28.4. The Hall–Kier alpha value is -1.48. The Bertz CT molecular complexity index is 839. The first-order valence-corrected chi connectivity index (χ1v) is 12.0. The van der Waals surface area contributed by atoms with Crippen molar-refractivity contribution in [2.24, 2.45) is 0 Å². The monoisotopic (exact) mass is 379 g/mol. The number of nitrogens with zero attached hydrogens (tertiary/aromatic N) is 3. The van der Waals surface area contributed by atoms with Crippen LogP contribution >= 0.6 is 0 Å². The van der Waals surface area contributed by atoms with Crippen LogP contribution in [0.4, 0.5) is 0 Å².